The molecule has 0 radical (unpaired) electrons. The second-order valence-electron chi connectivity index (χ2n) is 3.74. The van der Waals surface area contributed by atoms with Crippen LogP contribution in [-0.2, 0) is 11.3 Å². The van der Waals surface area contributed by atoms with Crippen molar-refractivity contribution in [1.29, 1.82) is 0 Å². The molecule has 2 aromatic rings. The van der Waals surface area contributed by atoms with E-state index in [-0.39, 0.29) is 23.9 Å². The van der Waals surface area contributed by atoms with E-state index >= 15 is 0 Å². The minimum absolute atomic E-state index is 0.0160. The van der Waals surface area contributed by atoms with Crippen LogP contribution in [0.1, 0.15) is 5.89 Å². The van der Waals surface area contributed by atoms with Gasteiger partial charge in [0.05, 0.1) is 5.69 Å². The molecule has 3 rings (SSSR count). The third kappa shape index (κ3) is 1.88. The highest BCUT2D eigenvalue weighted by molar-refractivity contribution is 7.71. The van der Waals surface area contributed by atoms with Crippen molar-refractivity contribution in [2.24, 2.45) is 0 Å². The molecular weight excluding hydrogens is 254 g/mol. The fourth-order valence-corrected chi connectivity index (χ4v) is 1.93. The Morgan fingerprint density at radius 2 is 2.28 bits per heavy atom. The highest BCUT2D eigenvalue weighted by Gasteiger charge is 2.26. The number of aromatic nitrogens is 2. The third-order valence-corrected chi connectivity index (χ3v) is 2.76. The summed E-state index contributed by atoms with van der Waals surface area (Å²) in [6.07, 6.45) is 0. The van der Waals surface area contributed by atoms with Gasteiger partial charge in [-0.05, 0) is 24.4 Å². The molecule has 0 saturated heterocycles. The number of carbonyl (C=O) groups excluding carboxylic acids is 1. The fourth-order valence-electron chi connectivity index (χ4n) is 1.79. The molecule has 2 heterocycles. The minimum atomic E-state index is -0.141. The summed E-state index contributed by atoms with van der Waals surface area (Å²) >= 11 is 4.80. The summed E-state index contributed by atoms with van der Waals surface area (Å²) in [7, 11) is 0. The lowest BCUT2D eigenvalue weighted by molar-refractivity contribution is -0.121. The number of ether oxygens (including phenoxy) is 1. The van der Waals surface area contributed by atoms with Gasteiger partial charge in [-0.1, -0.05) is 12.1 Å². The van der Waals surface area contributed by atoms with Crippen molar-refractivity contribution < 1.29 is 13.9 Å². The molecule has 0 fully saturated rings. The molecule has 1 aliphatic rings. The number of H-pyrrole nitrogens is 1. The number of carbonyl (C=O) groups is 1. The predicted octanol–water partition coefficient (Wildman–Crippen LogP) is 1.66. The first-order chi connectivity index (χ1) is 8.74. The number of hydrogen-bond donors (Lipinski definition) is 1. The van der Waals surface area contributed by atoms with Gasteiger partial charge in [0.1, 0.15) is 12.3 Å². The standard InChI is InChI=1S/C11H9N3O3S/c15-10-6-16-8-4-2-1-3-7(8)14(10)5-9-12-13-11(18)17-9/h1-4H,5-6H2,(H,13,18). The highest BCUT2D eigenvalue weighted by atomic mass is 32.1. The zero-order valence-electron chi connectivity index (χ0n) is 9.25. The largest absolute Gasteiger partial charge is 0.482 e. The van der Waals surface area contributed by atoms with Crippen molar-refractivity contribution in [2.75, 3.05) is 11.5 Å². The van der Waals surface area contributed by atoms with E-state index in [1.165, 1.54) is 0 Å². The molecule has 1 aromatic carbocycles. The summed E-state index contributed by atoms with van der Waals surface area (Å²) in [5.74, 6) is 0.897. The second kappa shape index (κ2) is 4.26. The molecule has 92 valence electrons. The van der Waals surface area contributed by atoms with Crippen LogP contribution in [-0.4, -0.2) is 22.7 Å². The minimum Gasteiger partial charge on any atom is -0.482 e. The molecule has 0 atom stereocenters. The Kier molecular flexibility index (Phi) is 2.60. The topological polar surface area (TPSA) is 71.4 Å². The number of amides is 1. The van der Waals surface area contributed by atoms with Crippen molar-refractivity contribution in [2.45, 2.75) is 6.54 Å². The van der Waals surface area contributed by atoms with Crippen LogP contribution < -0.4 is 9.64 Å². The molecule has 0 aliphatic carbocycles. The average Bonchev–Trinajstić information content (AvgIpc) is 2.79. The van der Waals surface area contributed by atoms with Gasteiger partial charge in [0.25, 0.3) is 10.7 Å². The number of nitrogens with zero attached hydrogens (tertiary/aromatic N) is 2. The van der Waals surface area contributed by atoms with Crippen molar-refractivity contribution in [1.82, 2.24) is 10.2 Å². The number of hydrogen-bond acceptors (Lipinski definition) is 5. The van der Waals surface area contributed by atoms with Gasteiger partial charge in [0.15, 0.2) is 6.61 Å². The van der Waals surface area contributed by atoms with E-state index in [0.29, 0.717) is 17.3 Å². The quantitative estimate of drug-likeness (QED) is 0.834. The van der Waals surface area contributed by atoms with E-state index in [1.54, 1.807) is 4.90 Å². The molecule has 1 amide bonds. The van der Waals surface area contributed by atoms with E-state index in [4.69, 9.17) is 21.4 Å². The summed E-state index contributed by atoms with van der Waals surface area (Å²) in [5, 5.41) is 6.41. The van der Waals surface area contributed by atoms with E-state index in [2.05, 4.69) is 10.2 Å². The maximum atomic E-state index is 11.9. The summed E-state index contributed by atoms with van der Waals surface area (Å²) in [6, 6.07) is 7.32. The first-order valence-corrected chi connectivity index (χ1v) is 5.71. The lowest BCUT2D eigenvalue weighted by Crippen LogP contribution is -2.38. The highest BCUT2D eigenvalue weighted by Crippen LogP contribution is 2.32. The van der Waals surface area contributed by atoms with Crippen LogP contribution >= 0.6 is 12.2 Å². The van der Waals surface area contributed by atoms with Gasteiger partial charge in [-0.15, -0.1) is 5.10 Å². The van der Waals surface area contributed by atoms with Gasteiger partial charge in [0, 0.05) is 0 Å². The van der Waals surface area contributed by atoms with Gasteiger partial charge in [-0.3, -0.25) is 9.69 Å². The second-order valence-corrected chi connectivity index (χ2v) is 4.11. The van der Waals surface area contributed by atoms with Crippen LogP contribution in [0.2, 0.25) is 0 Å². The third-order valence-electron chi connectivity index (χ3n) is 2.58. The normalized spacial score (nSPS) is 14.2. The summed E-state index contributed by atoms with van der Waals surface area (Å²) < 4.78 is 10.5. The van der Waals surface area contributed by atoms with Gasteiger partial charge < -0.3 is 9.15 Å². The zero-order chi connectivity index (χ0) is 12.5. The van der Waals surface area contributed by atoms with Gasteiger partial charge in [-0.25, -0.2) is 5.10 Å². The molecule has 7 heteroatoms. The molecule has 6 nitrogen and oxygen atoms in total. The summed E-state index contributed by atoms with van der Waals surface area (Å²) in [6.45, 7) is 0.245. The van der Waals surface area contributed by atoms with Crippen molar-refractivity contribution in [3.8, 4) is 5.75 Å². The smallest absolute Gasteiger partial charge is 0.284 e. The van der Waals surface area contributed by atoms with E-state index < -0.39 is 0 Å². The average molecular weight is 263 g/mol. The van der Waals surface area contributed by atoms with E-state index in [0.717, 1.165) is 0 Å². The number of fused-ring (bicyclic) bond motifs is 1. The molecule has 1 aliphatic heterocycles. The maximum absolute atomic E-state index is 11.9. The van der Waals surface area contributed by atoms with Gasteiger partial charge >= 0.3 is 0 Å². The predicted molar refractivity (Wildman–Crippen MR) is 64.8 cm³/mol. The molecule has 0 saturated carbocycles. The molecule has 1 aromatic heterocycles. The fraction of sp³-hybridized carbons (Fsp3) is 0.182. The van der Waals surface area contributed by atoms with Crippen LogP contribution in [0.15, 0.2) is 28.7 Å². The number of aromatic amines is 1. The van der Waals surface area contributed by atoms with Crippen molar-refractivity contribution >= 4 is 23.8 Å². The van der Waals surface area contributed by atoms with Crippen molar-refractivity contribution in [3.63, 3.8) is 0 Å². The SMILES string of the molecule is O=C1COc2ccccc2N1Cc1n[nH]c(=S)o1. The first kappa shape index (κ1) is 11.0. The number of rotatable bonds is 2. The van der Waals surface area contributed by atoms with Crippen LogP contribution in [0, 0.1) is 4.84 Å². The Morgan fingerprint density at radius 3 is 3.06 bits per heavy atom. The Labute approximate surface area is 107 Å². The molecule has 0 unspecified atom stereocenters. The Balaban J connectivity index is 1.95. The van der Waals surface area contributed by atoms with E-state index in [9.17, 15) is 4.79 Å². The van der Waals surface area contributed by atoms with Crippen LogP contribution in [0.5, 0.6) is 5.75 Å². The number of benzene rings is 1. The van der Waals surface area contributed by atoms with Gasteiger partial charge in [0.2, 0.25) is 5.89 Å². The lowest BCUT2D eigenvalue weighted by atomic mass is 10.2. The van der Waals surface area contributed by atoms with Gasteiger partial charge in [-0.2, -0.15) is 0 Å². The molecular formula is C11H9N3O3S. The molecule has 0 spiro atoms. The number of para-hydroxylation sites is 2. The molecule has 18 heavy (non-hydrogen) atoms. The molecule has 1 N–H and O–H groups in total. The number of anilines is 1. The Hall–Kier alpha value is -2.15. The van der Waals surface area contributed by atoms with Crippen molar-refractivity contribution in [3.05, 3.63) is 35.0 Å². The van der Waals surface area contributed by atoms with E-state index in [1.807, 2.05) is 24.3 Å². The summed E-state index contributed by atoms with van der Waals surface area (Å²) in [4.78, 5) is 13.6. The Morgan fingerprint density at radius 1 is 1.44 bits per heavy atom. The van der Waals surface area contributed by atoms with Crippen LogP contribution in [0.3, 0.4) is 0 Å². The zero-order valence-corrected chi connectivity index (χ0v) is 10.1. The van der Waals surface area contributed by atoms with Crippen LogP contribution in [0.25, 0.3) is 0 Å². The number of nitrogens with one attached hydrogen (secondary N) is 1. The van der Waals surface area contributed by atoms with Crippen LogP contribution in [0.4, 0.5) is 5.69 Å². The first-order valence-electron chi connectivity index (χ1n) is 5.30. The monoisotopic (exact) mass is 263 g/mol. The lowest BCUT2D eigenvalue weighted by Gasteiger charge is -2.27. The maximum Gasteiger partial charge on any atom is 0.284 e. The summed E-state index contributed by atoms with van der Waals surface area (Å²) in [5.41, 5.74) is 0.706. The Bertz CT molecular complexity index is 649. The molecule has 0 bridgehead atoms.